The average molecular weight is 804 g/mol. The van der Waals surface area contributed by atoms with Gasteiger partial charge in [0.2, 0.25) is 0 Å². The van der Waals surface area contributed by atoms with E-state index >= 15 is 0 Å². The summed E-state index contributed by atoms with van der Waals surface area (Å²) in [5.41, 5.74) is 14.9. The van der Waals surface area contributed by atoms with Gasteiger partial charge in [-0.25, -0.2) is 9.97 Å². The lowest BCUT2D eigenvalue weighted by molar-refractivity contribution is 1.13. The third-order valence-electron chi connectivity index (χ3n) is 12.6. The summed E-state index contributed by atoms with van der Waals surface area (Å²) >= 11 is 0. The molecule has 0 aliphatic carbocycles. The summed E-state index contributed by atoms with van der Waals surface area (Å²) in [7, 11) is 0. The molecule has 13 rings (SSSR count). The summed E-state index contributed by atoms with van der Waals surface area (Å²) in [6.45, 7) is 0. The van der Waals surface area contributed by atoms with Gasteiger partial charge in [-0.3, -0.25) is 0 Å². The molecule has 0 radical (unpaired) electrons. The van der Waals surface area contributed by atoms with Crippen molar-refractivity contribution in [3.8, 4) is 51.0 Å². The summed E-state index contributed by atoms with van der Waals surface area (Å²) in [4.78, 5) is 10.8. The molecule has 4 heterocycles. The second-order valence-electron chi connectivity index (χ2n) is 16.1. The lowest BCUT2D eigenvalue weighted by atomic mass is 9.99. The molecular weight excluding hydrogens is 767 g/mol. The first-order valence-electron chi connectivity index (χ1n) is 21.4. The molecule has 63 heavy (non-hydrogen) atoms. The Kier molecular flexibility index (Phi) is 7.84. The van der Waals surface area contributed by atoms with Crippen LogP contribution in [0.2, 0.25) is 0 Å². The summed E-state index contributed by atoms with van der Waals surface area (Å²) in [5.74, 6) is 0.681. The van der Waals surface area contributed by atoms with Gasteiger partial charge in [-0.15, -0.1) is 0 Å². The third kappa shape index (κ3) is 5.36. The zero-order valence-corrected chi connectivity index (χ0v) is 34.1. The highest BCUT2D eigenvalue weighted by atomic mass is 15.1. The Morgan fingerprint density at radius 2 is 0.778 bits per heavy atom. The van der Waals surface area contributed by atoms with E-state index < -0.39 is 0 Å². The van der Waals surface area contributed by atoms with Gasteiger partial charge in [0.05, 0.1) is 50.2 Å². The first kappa shape index (κ1) is 35.2. The molecule has 9 aromatic carbocycles. The maximum absolute atomic E-state index is 5.53. The van der Waals surface area contributed by atoms with Gasteiger partial charge in [-0.1, -0.05) is 164 Å². The fourth-order valence-corrected chi connectivity index (χ4v) is 9.98. The predicted molar refractivity (Wildman–Crippen MR) is 261 cm³/mol. The van der Waals surface area contributed by atoms with Crippen LogP contribution in [0, 0.1) is 0 Å². The van der Waals surface area contributed by atoms with Gasteiger partial charge >= 0.3 is 0 Å². The molecule has 0 N–H and O–H groups in total. The molecule has 4 aromatic heterocycles. The molecule has 0 fully saturated rings. The average Bonchev–Trinajstić information content (AvgIpc) is 4.01. The minimum absolute atomic E-state index is 0.681. The van der Waals surface area contributed by atoms with Gasteiger partial charge < -0.3 is 13.7 Å². The molecule has 0 bridgehead atoms. The number of fused-ring (bicyclic) bond motifs is 10. The maximum atomic E-state index is 5.53. The monoisotopic (exact) mass is 803 g/mol. The number of hydrogen-bond acceptors (Lipinski definition) is 2. The lowest BCUT2D eigenvalue weighted by Gasteiger charge is -2.17. The fraction of sp³-hybridized carbons (Fsp3) is 0. The van der Waals surface area contributed by atoms with Gasteiger partial charge in [0, 0.05) is 60.4 Å². The fourth-order valence-electron chi connectivity index (χ4n) is 9.98. The number of benzene rings is 9. The van der Waals surface area contributed by atoms with Crippen molar-refractivity contribution < 1.29 is 0 Å². The Hall–Kier alpha value is -8.54. The van der Waals surface area contributed by atoms with Crippen LogP contribution < -0.4 is 0 Å². The van der Waals surface area contributed by atoms with Crippen LogP contribution in [0.15, 0.2) is 224 Å². The van der Waals surface area contributed by atoms with E-state index in [-0.39, 0.29) is 0 Å². The number of hydrogen-bond donors (Lipinski definition) is 0. The van der Waals surface area contributed by atoms with Crippen LogP contribution >= 0.6 is 0 Å². The molecule has 0 unspecified atom stereocenters. The van der Waals surface area contributed by atoms with Crippen molar-refractivity contribution in [3.05, 3.63) is 224 Å². The van der Waals surface area contributed by atoms with Crippen molar-refractivity contribution in [3.63, 3.8) is 0 Å². The molecule has 13 aromatic rings. The van der Waals surface area contributed by atoms with E-state index in [1.54, 1.807) is 0 Å². The van der Waals surface area contributed by atoms with Crippen molar-refractivity contribution in [1.82, 2.24) is 23.7 Å². The third-order valence-corrected chi connectivity index (χ3v) is 12.6. The summed E-state index contributed by atoms with van der Waals surface area (Å²) in [5, 5.41) is 7.08. The normalized spacial score (nSPS) is 11.8. The second kappa shape index (κ2) is 14.0. The van der Waals surface area contributed by atoms with Crippen molar-refractivity contribution in [2.75, 3.05) is 0 Å². The Bertz CT molecular complexity index is 3820. The summed E-state index contributed by atoms with van der Waals surface area (Å²) in [6, 6.07) is 80.2. The van der Waals surface area contributed by atoms with Crippen LogP contribution in [0.25, 0.3) is 116 Å². The highest BCUT2D eigenvalue weighted by molar-refractivity contribution is 6.29. The van der Waals surface area contributed by atoms with Crippen molar-refractivity contribution in [2.45, 2.75) is 0 Å². The van der Waals surface area contributed by atoms with Gasteiger partial charge in [-0.2, -0.15) is 0 Å². The molecular formula is C58H37N5. The van der Waals surface area contributed by atoms with Gasteiger partial charge in [-0.05, 0) is 60.7 Å². The minimum atomic E-state index is 0.681. The Morgan fingerprint density at radius 3 is 1.41 bits per heavy atom. The second-order valence-corrected chi connectivity index (χ2v) is 16.1. The predicted octanol–water partition coefficient (Wildman–Crippen LogP) is 14.8. The first-order chi connectivity index (χ1) is 31.3. The molecule has 0 aliphatic rings. The van der Waals surface area contributed by atoms with Crippen LogP contribution in [0.3, 0.4) is 0 Å². The summed E-state index contributed by atoms with van der Waals surface area (Å²) in [6.07, 6.45) is 0. The van der Waals surface area contributed by atoms with E-state index in [1.165, 1.54) is 26.9 Å². The number of para-hydroxylation sites is 6. The number of nitrogens with zero attached hydrogens (tertiary/aromatic N) is 5. The molecule has 5 heteroatoms. The molecule has 0 amide bonds. The zero-order valence-electron chi connectivity index (χ0n) is 34.1. The van der Waals surface area contributed by atoms with Crippen molar-refractivity contribution in [1.29, 1.82) is 0 Å². The Labute approximate surface area is 363 Å². The molecule has 5 nitrogen and oxygen atoms in total. The van der Waals surface area contributed by atoms with Crippen LogP contribution in [0.1, 0.15) is 0 Å². The smallest absolute Gasteiger partial charge is 0.160 e. The molecule has 294 valence electrons. The van der Waals surface area contributed by atoms with E-state index in [9.17, 15) is 0 Å². The minimum Gasteiger partial charge on any atom is -0.309 e. The van der Waals surface area contributed by atoms with E-state index in [0.29, 0.717) is 5.82 Å². The Balaban J connectivity index is 1.27. The van der Waals surface area contributed by atoms with Crippen molar-refractivity contribution in [2.24, 2.45) is 0 Å². The van der Waals surface area contributed by atoms with E-state index in [1.807, 2.05) is 6.07 Å². The van der Waals surface area contributed by atoms with Crippen molar-refractivity contribution >= 4 is 65.4 Å². The van der Waals surface area contributed by atoms with E-state index in [4.69, 9.17) is 9.97 Å². The standard InChI is InChI=1S/C58H37N5/c1-5-20-38(21-6-1)48-37-49(60-58(59-48)39-22-7-2-8-23-39)47-36-46-43-29-14-17-33-51(43)62(41-26-11-4-12-27-41)56(46)54-45-30-15-18-34-52(45)63(57(47)54)53-35-19-31-44-42-28-13-16-32-50(42)61(55(44)53)40-24-9-3-10-25-40/h1-37H. The Morgan fingerprint density at radius 1 is 0.302 bits per heavy atom. The quantitative estimate of drug-likeness (QED) is 0.168. The van der Waals surface area contributed by atoms with Crippen LogP contribution in [0.5, 0.6) is 0 Å². The molecule has 0 saturated heterocycles. The molecule has 0 spiro atoms. The van der Waals surface area contributed by atoms with E-state index in [2.05, 4.69) is 232 Å². The molecule has 0 saturated carbocycles. The number of rotatable bonds is 6. The SMILES string of the molecule is c1ccc(-c2cc(-c3cc4c5ccccc5n(-c5ccccc5)c4c4c5ccccc5n(-c5cccc6c7ccccc7n(-c7ccccc7)c56)c34)nc(-c3ccccc3)n2)cc1. The first-order valence-corrected chi connectivity index (χ1v) is 21.4. The molecule has 0 atom stereocenters. The maximum Gasteiger partial charge on any atom is 0.160 e. The van der Waals surface area contributed by atoms with Crippen LogP contribution in [-0.4, -0.2) is 23.7 Å². The lowest BCUT2D eigenvalue weighted by Crippen LogP contribution is -2.02. The largest absolute Gasteiger partial charge is 0.309 e. The number of aromatic nitrogens is 5. The highest BCUT2D eigenvalue weighted by Gasteiger charge is 2.27. The van der Waals surface area contributed by atoms with Crippen LogP contribution in [0.4, 0.5) is 0 Å². The summed E-state index contributed by atoms with van der Waals surface area (Å²) < 4.78 is 7.41. The van der Waals surface area contributed by atoms with Gasteiger partial charge in [0.15, 0.2) is 5.82 Å². The van der Waals surface area contributed by atoms with E-state index in [0.717, 1.165) is 83.6 Å². The zero-order chi connectivity index (χ0) is 41.4. The van der Waals surface area contributed by atoms with Gasteiger partial charge in [0.1, 0.15) is 0 Å². The molecule has 0 aliphatic heterocycles. The topological polar surface area (TPSA) is 40.6 Å². The van der Waals surface area contributed by atoms with Crippen LogP contribution in [-0.2, 0) is 0 Å². The highest BCUT2D eigenvalue weighted by Crippen LogP contribution is 2.48. The van der Waals surface area contributed by atoms with Gasteiger partial charge in [0.25, 0.3) is 0 Å².